The number of benzene rings is 1. The molecule has 0 aliphatic carbocycles. The van der Waals surface area contributed by atoms with Gasteiger partial charge < -0.3 is 0 Å². The van der Waals surface area contributed by atoms with Gasteiger partial charge >= 0.3 is 0 Å². The third kappa shape index (κ3) is 3.42. The Morgan fingerprint density at radius 1 is 1.27 bits per heavy atom. The highest BCUT2D eigenvalue weighted by atomic mass is 19.1. The molecule has 0 aliphatic heterocycles. The van der Waals surface area contributed by atoms with Crippen LogP contribution < -0.4 is 0 Å². The van der Waals surface area contributed by atoms with Crippen molar-refractivity contribution in [3.8, 4) is 11.3 Å². The van der Waals surface area contributed by atoms with E-state index in [2.05, 4.69) is 30.7 Å². The van der Waals surface area contributed by atoms with Gasteiger partial charge in [-0.15, -0.1) is 0 Å². The molecule has 2 aromatic rings. The SMILES string of the molecule is C=C/C(F)=C(C)\C=C(/C)c1cc(-c2ccccc2)n(CC)n1. The fourth-order valence-corrected chi connectivity index (χ4v) is 2.32. The largest absolute Gasteiger partial charge is 0.265 e. The first-order valence-electron chi connectivity index (χ1n) is 7.37. The van der Waals surface area contributed by atoms with Crippen LogP contribution in [0.2, 0.25) is 0 Å². The molecule has 0 aliphatic rings. The normalized spacial score (nSPS) is 13.0. The van der Waals surface area contributed by atoms with Gasteiger partial charge in [0.2, 0.25) is 0 Å². The number of halogens is 1. The van der Waals surface area contributed by atoms with Crippen molar-refractivity contribution in [3.63, 3.8) is 0 Å². The van der Waals surface area contributed by atoms with Crippen LogP contribution >= 0.6 is 0 Å². The lowest BCUT2D eigenvalue weighted by atomic mass is 10.1. The van der Waals surface area contributed by atoms with E-state index in [0.717, 1.165) is 29.1 Å². The molecule has 1 aromatic carbocycles. The van der Waals surface area contributed by atoms with Gasteiger partial charge in [-0.3, -0.25) is 4.68 Å². The topological polar surface area (TPSA) is 17.8 Å². The van der Waals surface area contributed by atoms with Crippen LogP contribution in [0.3, 0.4) is 0 Å². The summed E-state index contributed by atoms with van der Waals surface area (Å²) >= 11 is 0. The summed E-state index contributed by atoms with van der Waals surface area (Å²) in [6.07, 6.45) is 3.02. The Balaban J connectivity index is 2.44. The third-order valence-electron chi connectivity index (χ3n) is 3.54. The first-order valence-corrected chi connectivity index (χ1v) is 7.37. The molecule has 0 spiro atoms. The molecular weight excluding hydrogens is 275 g/mol. The van der Waals surface area contributed by atoms with E-state index in [1.54, 1.807) is 13.0 Å². The molecule has 0 saturated heterocycles. The molecule has 2 nitrogen and oxygen atoms in total. The molecule has 0 unspecified atom stereocenters. The number of aryl methyl sites for hydroxylation is 1. The number of rotatable bonds is 5. The van der Waals surface area contributed by atoms with Crippen LogP contribution in [0.15, 0.2) is 66.5 Å². The second-order valence-corrected chi connectivity index (χ2v) is 5.16. The maximum atomic E-state index is 13.5. The van der Waals surface area contributed by atoms with Crippen molar-refractivity contribution in [2.24, 2.45) is 0 Å². The van der Waals surface area contributed by atoms with E-state index < -0.39 is 0 Å². The zero-order valence-electron chi connectivity index (χ0n) is 13.3. The van der Waals surface area contributed by atoms with Gasteiger partial charge in [-0.05, 0) is 49.6 Å². The minimum absolute atomic E-state index is 0.308. The summed E-state index contributed by atoms with van der Waals surface area (Å²) in [5.41, 5.74) is 4.53. The molecule has 2 rings (SSSR count). The Morgan fingerprint density at radius 2 is 1.95 bits per heavy atom. The number of nitrogens with zero attached hydrogens (tertiary/aromatic N) is 2. The molecule has 0 amide bonds. The highest BCUT2D eigenvalue weighted by molar-refractivity contribution is 5.69. The Labute approximate surface area is 131 Å². The van der Waals surface area contributed by atoms with Crippen molar-refractivity contribution < 1.29 is 4.39 Å². The minimum Gasteiger partial charge on any atom is -0.265 e. The summed E-state index contributed by atoms with van der Waals surface area (Å²) in [7, 11) is 0. The van der Waals surface area contributed by atoms with Gasteiger partial charge in [-0.2, -0.15) is 5.10 Å². The highest BCUT2D eigenvalue weighted by Gasteiger charge is 2.10. The van der Waals surface area contributed by atoms with Crippen molar-refractivity contribution in [2.75, 3.05) is 0 Å². The molecule has 1 aromatic heterocycles. The van der Waals surface area contributed by atoms with Crippen LogP contribution in [0.1, 0.15) is 26.5 Å². The van der Waals surface area contributed by atoms with Crippen molar-refractivity contribution >= 4 is 5.57 Å². The van der Waals surface area contributed by atoms with Gasteiger partial charge in [0.1, 0.15) is 5.83 Å². The maximum Gasteiger partial charge on any atom is 0.125 e. The molecule has 0 bridgehead atoms. The van der Waals surface area contributed by atoms with Crippen molar-refractivity contribution in [2.45, 2.75) is 27.3 Å². The molecule has 0 fully saturated rings. The average molecular weight is 296 g/mol. The van der Waals surface area contributed by atoms with E-state index in [1.165, 1.54) is 6.08 Å². The summed E-state index contributed by atoms with van der Waals surface area (Å²) in [5, 5.41) is 4.62. The van der Waals surface area contributed by atoms with Crippen molar-refractivity contribution in [1.82, 2.24) is 9.78 Å². The molecule has 0 atom stereocenters. The zero-order chi connectivity index (χ0) is 16.1. The maximum absolute atomic E-state index is 13.5. The monoisotopic (exact) mass is 296 g/mol. The fraction of sp³-hybridized carbons (Fsp3) is 0.211. The lowest BCUT2D eigenvalue weighted by Crippen LogP contribution is -1.99. The Kier molecular flexibility index (Phi) is 5.10. The predicted molar refractivity (Wildman–Crippen MR) is 91.0 cm³/mol. The predicted octanol–water partition coefficient (Wildman–Crippen LogP) is 5.40. The minimum atomic E-state index is -0.308. The number of aromatic nitrogens is 2. The second-order valence-electron chi connectivity index (χ2n) is 5.16. The van der Waals surface area contributed by atoms with Crippen LogP contribution in [0.5, 0.6) is 0 Å². The van der Waals surface area contributed by atoms with Crippen LogP contribution in [0, 0.1) is 0 Å². The summed E-state index contributed by atoms with van der Waals surface area (Å²) in [4.78, 5) is 0. The summed E-state index contributed by atoms with van der Waals surface area (Å²) in [5.74, 6) is -0.308. The first kappa shape index (κ1) is 16.0. The second kappa shape index (κ2) is 7.03. The van der Waals surface area contributed by atoms with E-state index in [9.17, 15) is 4.39 Å². The summed E-state index contributed by atoms with van der Waals surface area (Å²) in [6.45, 7) is 9.97. The van der Waals surface area contributed by atoms with E-state index >= 15 is 0 Å². The van der Waals surface area contributed by atoms with Gasteiger partial charge in [-0.25, -0.2) is 4.39 Å². The Hall–Kier alpha value is -2.42. The van der Waals surface area contributed by atoms with Gasteiger partial charge in [0, 0.05) is 6.54 Å². The lowest BCUT2D eigenvalue weighted by molar-refractivity contribution is 0.658. The smallest absolute Gasteiger partial charge is 0.125 e. The molecule has 114 valence electrons. The molecular formula is C19H21FN2. The van der Waals surface area contributed by atoms with E-state index in [-0.39, 0.29) is 5.83 Å². The van der Waals surface area contributed by atoms with Crippen LogP contribution in [0.25, 0.3) is 16.8 Å². The van der Waals surface area contributed by atoms with E-state index in [1.807, 2.05) is 35.9 Å². The highest BCUT2D eigenvalue weighted by Crippen LogP contribution is 2.25. The molecule has 0 saturated carbocycles. The van der Waals surface area contributed by atoms with Crippen LogP contribution in [-0.2, 0) is 6.54 Å². The van der Waals surface area contributed by atoms with Crippen molar-refractivity contribution in [1.29, 1.82) is 0 Å². The number of hydrogen-bond donors (Lipinski definition) is 0. The zero-order valence-corrected chi connectivity index (χ0v) is 13.3. The van der Waals surface area contributed by atoms with Crippen LogP contribution in [0.4, 0.5) is 4.39 Å². The van der Waals surface area contributed by atoms with E-state index in [4.69, 9.17) is 0 Å². The first-order chi connectivity index (χ1) is 10.6. The molecule has 0 radical (unpaired) electrons. The molecule has 0 N–H and O–H groups in total. The van der Waals surface area contributed by atoms with Gasteiger partial charge in [0.25, 0.3) is 0 Å². The fourth-order valence-electron chi connectivity index (χ4n) is 2.32. The molecule has 3 heteroatoms. The quantitative estimate of drug-likeness (QED) is 0.675. The van der Waals surface area contributed by atoms with Gasteiger partial charge in [0.05, 0.1) is 11.4 Å². The molecule has 1 heterocycles. The number of hydrogen-bond acceptors (Lipinski definition) is 1. The standard InChI is InChI=1S/C19H21FN2/c1-5-17(20)14(3)12-15(4)18-13-19(22(6-2)21-18)16-10-8-7-9-11-16/h5,7-13H,1,6H2,2-4H3/b15-12+,17-14+. The lowest BCUT2D eigenvalue weighted by Gasteiger charge is -2.03. The average Bonchev–Trinajstić information content (AvgIpc) is 2.99. The number of allylic oxidation sites excluding steroid dienone is 5. The van der Waals surface area contributed by atoms with Crippen LogP contribution in [-0.4, -0.2) is 9.78 Å². The van der Waals surface area contributed by atoms with E-state index in [0.29, 0.717) is 5.57 Å². The third-order valence-corrected chi connectivity index (χ3v) is 3.54. The van der Waals surface area contributed by atoms with Gasteiger partial charge in [-0.1, -0.05) is 43.0 Å². The Bertz CT molecular complexity index is 721. The Morgan fingerprint density at radius 3 is 2.55 bits per heavy atom. The molecule has 22 heavy (non-hydrogen) atoms. The summed E-state index contributed by atoms with van der Waals surface area (Å²) < 4.78 is 15.5. The van der Waals surface area contributed by atoms with Gasteiger partial charge in [0.15, 0.2) is 0 Å². The summed E-state index contributed by atoms with van der Waals surface area (Å²) in [6, 6.07) is 12.2. The van der Waals surface area contributed by atoms with Crippen molar-refractivity contribution in [3.05, 3.63) is 72.2 Å².